The second-order valence-corrected chi connectivity index (χ2v) is 7.13. The van der Waals surface area contributed by atoms with E-state index < -0.39 is 42.0 Å². The molecule has 6 nitrogen and oxygen atoms in total. The number of aldehydes is 1. The van der Waals surface area contributed by atoms with Gasteiger partial charge in [0.1, 0.15) is 24.4 Å². The molecule has 0 bridgehead atoms. The molecule has 0 aromatic carbocycles. The van der Waals surface area contributed by atoms with E-state index in [4.69, 9.17) is 10.8 Å². The molecular weight excluding hydrogens is 298 g/mol. The van der Waals surface area contributed by atoms with Crippen LogP contribution in [0.3, 0.4) is 0 Å². The first-order valence-corrected chi connectivity index (χ1v) is 8.53. The van der Waals surface area contributed by atoms with Gasteiger partial charge in [-0.1, -0.05) is 46.0 Å². The molecule has 1 saturated carbocycles. The fraction of sp³-hybridized carbons (Fsp3) is 0.882. The monoisotopic (exact) mass is 329 g/mol. The lowest BCUT2D eigenvalue weighted by molar-refractivity contribution is -0.157. The SMILES string of the molecule is CC(C)[C@@](C=O)(C(=O)CO)[C@@H](O)[C@H](O)[C@@H](N)CC1CCCCC1. The molecule has 0 aliphatic heterocycles. The molecule has 6 heteroatoms. The topological polar surface area (TPSA) is 121 Å². The van der Waals surface area contributed by atoms with Gasteiger partial charge in [0.15, 0.2) is 5.78 Å². The van der Waals surface area contributed by atoms with Crippen molar-refractivity contribution in [2.24, 2.45) is 23.0 Å². The van der Waals surface area contributed by atoms with Crippen LogP contribution in [0.4, 0.5) is 0 Å². The number of carbonyl (C=O) groups is 2. The minimum atomic E-state index is -1.83. The minimum absolute atomic E-state index is 0.345. The van der Waals surface area contributed by atoms with Gasteiger partial charge >= 0.3 is 0 Å². The molecule has 0 aromatic rings. The van der Waals surface area contributed by atoms with Gasteiger partial charge in [0, 0.05) is 6.04 Å². The van der Waals surface area contributed by atoms with Crippen molar-refractivity contribution < 1.29 is 24.9 Å². The van der Waals surface area contributed by atoms with Crippen molar-refractivity contribution in [2.75, 3.05) is 6.61 Å². The lowest BCUT2D eigenvalue weighted by Crippen LogP contribution is -2.58. The number of Topliss-reactive ketones (excluding diaryl/α,β-unsaturated/α-hetero) is 1. The second kappa shape index (κ2) is 8.87. The van der Waals surface area contributed by atoms with Gasteiger partial charge in [-0.25, -0.2) is 0 Å². The summed E-state index contributed by atoms with van der Waals surface area (Å²) in [6.07, 6.45) is 3.48. The number of ketones is 1. The zero-order valence-corrected chi connectivity index (χ0v) is 14.1. The highest BCUT2D eigenvalue weighted by molar-refractivity contribution is 6.00. The van der Waals surface area contributed by atoms with E-state index in [0.717, 1.165) is 25.7 Å². The smallest absolute Gasteiger partial charge is 0.174 e. The van der Waals surface area contributed by atoms with Gasteiger partial charge in [0.05, 0.1) is 6.10 Å². The van der Waals surface area contributed by atoms with Crippen LogP contribution < -0.4 is 5.73 Å². The van der Waals surface area contributed by atoms with Crippen LogP contribution in [0.5, 0.6) is 0 Å². The Morgan fingerprint density at radius 2 is 1.83 bits per heavy atom. The summed E-state index contributed by atoms with van der Waals surface area (Å²) >= 11 is 0. The van der Waals surface area contributed by atoms with Gasteiger partial charge in [0.25, 0.3) is 0 Å². The third-order valence-corrected chi connectivity index (χ3v) is 5.36. The third-order valence-electron chi connectivity index (χ3n) is 5.36. The molecule has 0 amide bonds. The normalized spacial score (nSPS) is 23.1. The molecular formula is C17H31NO5. The van der Waals surface area contributed by atoms with Crippen LogP contribution in [0.1, 0.15) is 52.4 Å². The molecule has 5 N–H and O–H groups in total. The van der Waals surface area contributed by atoms with E-state index in [2.05, 4.69) is 0 Å². The average molecular weight is 329 g/mol. The van der Waals surface area contributed by atoms with Gasteiger partial charge in [0.2, 0.25) is 0 Å². The van der Waals surface area contributed by atoms with Crippen molar-refractivity contribution in [3.8, 4) is 0 Å². The average Bonchev–Trinajstić information content (AvgIpc) is 2.55. The Labute approximate surface area is 138 Å². The van der Waals surface area contributed by atoms with E-state index in [1.165, 1.54) is 6.42 Å². The summed E-state index contributed by atoms with van der Waals surface area (Å²) in [7, 11) is 0. The Bertz CT molecular complexity index is 394. The highest BCUT2D eigenvalue weighted by atomic mass is 16.3. The number of hydrogen-bond donors (Lipinski definition) is 4. The predicted molar refractivity (Wildman–Crippen MR) is 86.6 cm³/mol. The zero-order valence-electron chi connectivity index (χ0n) is 14.1. The highest BCUT2D eigenvalue weighted by Gasteiger charge is 2.51. The maximum absolute atomic E-state index is 12.1. The number of rotatable bonds is 9. The van der Waals surface area contributed by atoms with Crippen LogP contribution in [0.2, 0.25) is 0 Å². The van der Waals surface area contributed by atoms with Gasteiger partial charge < -0.3 is 25.8 Å². The summed E-state index contributed by atoms with van der Waals surface area (Å²) < 4.78 is 0. The summed E-state index contributed by atoms with van der Waals surface area (Å²) in [5.41, 5.74) is 4.21. The Morgan fingerprint density at radius 3 is 2.26 bits per heavy atom. The highest BCUT2D eigenvalue weighted by Crippen LogP contribution is 2.34. The van der Waals surface area contributed by atoms with Gasteiger partial charge in [-0.2, -0.15) is 0 Å². The summed E-state index contributed by atoms with van der Waals surface area (Å²) in [6, 6.07) is -0.710. The van der Waals surface area contributed by atoms with Crippen LogP contribution in [0.15, 0.2) is 0 Å². The molecule has 134 valence electrons. The van der Waals surface area contributed by atoms with Crippen LogP contribution in [0.25, 0.3) is 0 Å². The third kappa shape index (κ3) is 4.38. The first-order chi connectivity index (χ1) is 10.8. The molecule has 0 radical (unpaired) electrons. The second-order valence-electron chi connectivity index (χ2n) is 7.13. The largest absolute Gasteiger partial charge is 0.389 e. The van der Waals surface area contributed by atoms with Gasteiger partial charge in [-0.05, 0) is 18.3 Å². The van der Waals surface area contributed by atoms with Crippen LogP contribution in [-0.2, 0) is 9.59 Å². The summed E-state index contributed by atoms with van der Waals surface area (Å²) in [5, 5.41) is 30.1. The number of hydrogen-bond acceptors (Lipinski definition) is 6. The van der Waals surface area contributed by atoms with E-state index in [0.29, 0.717) is 18.6 Å². The van der Waals surface area contributed by atoms with Crippen LogP contribution in [0, 0.1) is 17.3 Å². The molecule has 1 fully saturated rings. The molecule has 0 spiro atoms. The minimum Gasteiger partial charge on any atom is -0.389 e. The number of nitrogens with two attached hydrogens (primary N) is 1. The van der Waals surface area contributed by atoms with E-state index in [-0.39, 0.29) is 0 Å². The Balaban J connectivity index is 2.86. The molecule has 4 atom stereocenters. The zero-order chi connectivity index (χ0) is 17.6. The quantitative estimate of drug-likeness (QED) is 0.359. The maximum atomic E-state index is 12.1. The van der Waals surface area contributed by atoms with Crippen LogP contribution in [-0.4, -0.2) is 52.2 Å². The van der Waals surface area contributed by atoms with Crippen molar-refractivity contribution in [1.29, 1.82) is 0 Å². The fourth-order valence-electron chi connectivity index (χ4n) is 3.70. The molecule has 1 aliphatic rings. The lowest BCUT2D eigenvalue weighted by atomic mass is 9.67. The van der Waals surface area contributed by atoms with Crippen molar-refractivity contribution in [3.63, 3.8) is 0 Å². The molecule has 0 unspecified atom stereocenters. The summed E-state index contributed by atoms with van der Waals surface area (Å²) in [4.78, 5) is 23.7. The van der Waals surface area contributed by atoms with Crippen molar-refractivity contribution in [2.45, 2.75) is 70.6 Å². The van der Waals surface area contributed by atoms with E-state index >= 15 is 0 Å². The number of aliphatic hydroxyl groups is 3. The van der Waals surface area contributed by atoms with E-state index in [9.17, 15) is 19.8 Å². The number of carbonyl (C=O) groups excluding carboxylic acids is 2. The van der Waals surface area contributed by atoms with Crippen molar-refractivity contribution in [3.05, 3.63) is 0 Å². The molecule has 1 aliphatic carbocycles. The first-order valence-electron chi connectivity index (χ1n) is 8.53. The molecule has 23 heavy (non-hydrogen) atoms. The molecule has 0 aromatic heterocycles. The Morgan fingerprint density at radius 1 is 1.26 bits per heavy atom. The summed E-state index contributed by atoms with van der Waals surface area (Å²) in [6.45, 7) is 2.34. The lowest BCUT2D eigenvalue weighted by Gasteiger charge is -2.39. The number of aliphatic hydroxyl groups excluding tert-OH is 3. The fourth-order valence-corrected chi connectivity index (χ4v) is 3.70. The predicted octanol–water partition coefficient (Wildman–Crippen LogP) is 0.409. The van der Waals surface area contributed by atoms with Gasteiger partial charge in [-0.15, -0.1) is 0 Å². The van der Waals surface area contributed by atoms with Gasteiger partial charge in [-0.3, -0.25) is 4.79 Å². The Kier molecular flexibility index (Phi) is 7.80. The van der Waals surface area contributed by atoms with Crippen molar-refractivity contribution >= 4 is 12.1 Å². The molecule has 1 rings (SSSR count). The standard InChI is InChI=1S/C17H31NO5/c1-11(2)17(10-20,14(21)9-19)16(23)15(22)13(18)8-12-6-4-3-5-7-12/h10-13,15-16,19,22-23H,3-9,18H2,1-2H3/t13-,15+,16-,17-/m0/s1. The maximum Gasteiger partial charge on any atom is 0.174 e. The van der Waals surface area contributed by atoms with E-state index in [1.54, 1.807) is 13.8 Å². The Hall–Kier alpha value is -0.820. The summed E-state index contributed by atoms with van der Waals surface area (Å²) in [5.74, 6) is -0.955. The molecule has 0 saturated heterocycles. The van der Waals surface area contributed by atoms with Crippen LogP contribution >= 0.6 is 0 Å². The van der Waals surface area contributed by atoms with E-state index in [1.807, 2.05) is 0 Å². The first kappa shape index (κ1) is 20.2. The van der Waals surface area contributed by atoms with Crippen molar-refractivity contribution in [1.82, 2.24) is 0 Å². The molecule has 0 heterocycles.